The first-order chi connectivity index (χ1) is 21.5. The molecule has 19 heteroatoms. The molecule has 4 aliphatic heterocycles. The van der Waals surface area contributed by atoms with Gasteiger partial charge in [-0.2, -0.15) is 0 Å². The Morgan fingerprint density at radius 2 is 1.20 bits per heavy atom. The summed E-state index contributed by atoms with van der Waals surface area (Å²) in [6.07, 6.45) is -22.5. The molecule has 0 saturated carbocycles. The number of nitrogens with one attached hydrogen (secondary N) is 1. The topological polar surface area (TPSA) is 290 Å². The van der Waals surface area contributed by atoms with Gasteiger partial charge in [0.1, 0.15) is 73.2 Å². The third-order valence-electron chi connectivity index (χ3n) is 8.33. The highest BCUT2D eigenvalue weighted by molar-refractivity contribution is 5.78. The van der Waals surface area contributed by atoms with Crippen molar-refractivity contribution in [2.24, 2.45) is 0 Å². The van der Waals surface area contributed by atoms with Crippen molar-refractivity contribution in [2.75, 3.05) is 52.6 Å². The molecule has 4 rings (SSSR count). The standard InChI is InChI=1S/C26H46N2O17/c29-8-11-15(32)18(35)20(37)24(42-11)41-10-13-17(34)23(45-26-21(38)19(36)16(33)12(9-30)43-26)22(39)25(44-13)40-6-3-27-14(31)7-28-4-1-2-5-28/h11-13,15-26,29-30,32-39H,1-10H2,(H,27,31)/t11?,12?,13?,15-,16-,17-,18?,19?,20?,21?,22?,23?,24+,25+,26-/m1/s1. The smallest absolute Gasteiger partial charge is 0.234 e. The average Bonchev–Trinajstić information content (AvgIpc) is 3.54. The van der Waals surface area contributed by atoms with Gasteiger partial charge in [0.15, 0.2) is 18.9 Å². The van der Waals surface area contributed by atoms with Gasteiger partial charge < -0.3 is 84.8 Å². The number of hydrogen-bond donors (Lipinski definition) is 11. The third kappa shape index (κ3) is 8.83. The molecule has 0 aromatic rings. The molecule has 0 aromatic heterocycles. The van der Waals surface area contributed by atoms with Gasteiger partial charge in [-0.05, 0) is 25.9 Å². The summed E-state index contributed by atoms with van der Waals surface area (Å²) in [5.41, 5.74) is 0. The van der Waals surface area contributed by atoms with Crippen LogP contribution in [-0.4, -0.2) is 207 Å². The summed E-state index contributed by atoms with van der Waals surface area (Å²) < 4.78 is 33.1. The first-order valence-electron chi connectivity index (χ1n) is 15.0. The summed E-state index contributed by atoms with van der Waals surface area (Å²) in [6, 6.07) is 0. The Labute approximate surface area is 258 Å². The molecule has 4 heterocycles. The SMILES string of the molecule is O=C(CN1CCCC1)NCCO[C@H]1OC(CO[C@H]2OC(CO)[C@@H](O)C(O)C2O)[C@@H](O)C(O[C@H]2OC(CO)[C@@H](O)C(O)C2O)C1O. The van der Waals surface area contributed by atoms with Crippen LogP contribution in [0.3, 0.4) is 0 Å². The Hall–Kier alpha value is -1.21. The zero-order valence-electron chi connectivity index (χ0n) is 24.5. The molecule has 19 nitrogen and oxygen atoms in total. The number of carbonyl (C=O) groups is 1. The fourth-order valence-electron chi connectivity index (χ4n) is 5.63. The van der Waals surface area contributed by atoms with E-state index in [-0.39, 0.29) is 25.6 Å². The summed E-state index contributed by atoms with van der Waals surface area (Å²) in [5, 5.41) is 105. The maximum atomic E-state index is 12.2. The second-order valence-corrected chi connectivity index (χ2v) is 11.6. The highest BCUT2D eigenvalue weighted by atomic mass is 16.7. The van der Waals surface area contributed by atoms with Gasteiger partial charge in [-0.3, -0.25) is 9.69 Å². The molecule has 11 N–H and O–H groups in total. The van der Waals surface area contributed by atoms with Gasteiger partial charge >= 0.3 is 0 Å². The fraction of sp³-hybridized carbons (Fsp3) is 0.962. The van der Waals surface area contributed by atoms with Gasteiger partial charge in [0.25, 0.3) is 0 Å². The molecule has 0 bridgehead atoms. The van der Waals surface area contributed by atoms with E-state index in [1.807, 2.05) is 4.90 Å². The van der Waals surface area contributed by atoms with Crippen LogP contribution in [0, 0.1) is 0 Å². The Bertz CT molecular complexity index is 913. The van der Waals surface area contributed by atoms with Crippen molar-refractivity contribution in [3.63, 3.8) is 0 Å². The molecule has 0 spiro atoms. The summed E-state index contributed by atoms with van der Waals surface area (Å²) in [7, 11) is 0. The number of likely N-dealkylation sites (tertiary alicyclic amines) is 1. The first-order valence-corrected chi connectivity index (χ1v) is 15.0. The van der Waals surface area contributed by atoms with Crippen molar-refractivity contribution < 1.29 is 84.3 Å². The Morgan fingerprint density at radius 1 is 0.667 bits per heavy atom. The average molecular weight is 659 g/mol. The largest absolute Gasteiger partial charge is 0.394 e. The molecular formula is C26H46N2O17. The fourth-order valence-corrected chi connectivity index (χ4v) is 5.63. The lowest BCUT2D eigenvalue weighted by Crippen LogP contribution is -2.65. The van der Waals surface area contributed by atoms with E-state index in [2.05, 4.69) is 5.32 Å². The predicted octanol–water partition coefficient (Wildman–Crippen LogP) is -7.34. The molecular weight excluding hydrogens is 612 g/mol. The lowest BCUT2D eigenvalue weighted by molar-refractivity contribution is -0.366. The van der Waals surface area contributed by atoms with E-state index in [4.69, 9.17) is 28.4 Å². The van der Waals surface area contributed by atoms with Crippen LogP contribution in [-0.2, 0) is 33.2 Å². The molecule has 1 amide bonds. The molecule has 45 heavy (non-hydrogen) atoms. The first kappa shape index (κ1) is 36.6. The number of ether oxygens (including phenoxy) is 6. The monoisotopic (exact) mass is 658 g/mol. The second kappa shape index (κ2) is 16.8. The molecule has 4 saturated heterocycles. The van der Waals surface area contributed by atoms with Crippen LogP contribution in [0.1, 0.15) is 12.8 Å². The van der Waals surface area contributed by atoms with Crippen molar-refractivity contribution >= 4 is 5.91 Å². The van der Waals surface area contributed by atoms with Gasteiger partial charge in [0.2, 0.25) is 5.91 Å². The minimum absolute atomic E-state index is 0.0338. The van der Waals surface area contributed by atoms with E-state index in [9.17, 15) is 55.9 Å². The van der Waals surface area contributed by atoms with Gasteiger partial charge in [0, 0.05) is 6.54 Å². The third-order valence-corrected chi connectivity index (χ3v) is 8.33. The van der Waals surface area contributed by atoms with E-state index in [1.54, 1.807) is 0 Å². The number of rotatable bonds is 13. The highest BCUT2D eigenvalue weighted by Gasteiger charge is 2.52. The second-order valence-electron chi connectivity index (χ2n) is 11.6. The Kier molecular flexibility index (Phi) is 13.6. The zero-order valence-corrected chi connectivity index (χ0v) is 24.5. The van der Waals surface area contributed by atoms with Crippen molar-refractivity contribution in [3.05, 3.63) is 0 Å². The summed E-state index contributed by atoms with van der Waals surface area (Å²) in [4.78, 5) is 14.2. The van der Waals surface area contributed by atoms with Crippen molar-refractivity contribution in [1.82, 2.24) is 10.2 Å². The maximum Gasteiger partial charge on any atom is 0.234 e. The van der Waals surface area contributed by atoms with Crippen LogP contribution in [0.5, 0.6) is 0 Å². The molecule has 0 radical (unpaired) electrons. The lowest BCUT2D eigenvalue weighted by atomic mass is 9.96. The summed E-state index contributed by atoms with van der Waals surface area (Å²) in [5.74, 6) is -0.226. The molecule has 0 aliphatic carbocycles. The predicted molar refractivity (Wildman–Crippen MR) is 144 cm³/mol. The van der Waals surface area contributed by atoms with Crippen LogP contribution < -0.4 is 5.32 Å². The summed E-state index contributed by atoms with van der Waals surface area (Å²) >= 11 is 0. The molecule has 4 aliphatic rings. The molecule has 4 fully saturated rings. The van der Waals surface area contributed by atoms with Gasteiger partial charge in [-0.25, -0.2) is 0 Å². The molecule has 262 valence electrons. The van der Waals surface area contributed by atoms with E-state index in [1.165, 1.54) is 0 Å². The number of aliphatic hydroxyl groups excluding tert-OH is 10. The van der Waals surface area contributed by atoms with E-state index in [0.29, 0.717) is 0 Å². The van der Waals surface area contributed by atoms with Gasteiger partial charge in [0.05, 0.1) is 33.0 Å². The van der Waals surface area contributed by atoms with Crippen molar-refractivity contribution in [3.8, 4) is 0 Å². The molecule has 9 unspecified atom stereocenters. The van der Waals surface area contributed by atoms with E-state index >= 15 is 0 Å². The van der Waals surface area contributed by atoms with Crippen LogP contribution in [0.15, 0.2) is 0 Å². The number of nitrogens with zero attached hydrogens (tertiary/aromatic N) is 1. The van der Waals surface area contributed by atoms with Crippen LogP contribution in [0.4, 0.5) is 0 Å². The number of amides is 1. The van der Waals surface area contributed by atoms with Gasteiger partial charge in [-0.15, -0.1) is 0 Å². The van der Waals surface area contributed by atoms with Gasteiger partial charge in [-0.1, -0.05) is 0 Å². The summed E-state index contributed by atoms with van der Waals surface area (Å²) in [6.45, 7) is -0.289. The lowest BCUT2D eigenvalue weighted by Gasteiger charge is -2.46. The minimum atomic E-state index is -1.86. The van der Waals surface area contributed by atoms with E-state index in [0.717, 1.165) is 25.9 Å². The van der Waals surface area contributed by atoms with E-state index < -0.39 is 112 Å². The highest BCUT2D eigenvalue weighted by Crippen LogP contribution is 2.31. The zero-order chi connectivity index (χ0) is 32.8. The number of carbonyl (C=O) groups excluding carboxylic acids is 1. The normalized spacial score (nSPS) is 44.6. The molecule has 0 aromatic carbocycles. The van der Waals surface area contributed by atoms with Crippen LogP contribution in [0.25, 0.3) is 0 Å². The van der Waals surface area contributed by atoms with Crippen LogP contribution >= 0.6 is 0 Å². The quantitative estimate of drug-likeness (QED) is 0.0819. The minimum Gasteiger partial charge on any atom is -0.394 e. The van der Waals surface area contributed by atoms with Crippen molar-refractivity contribution in [1.29, 1.82) is 0 Å². The van der Waals surface area contributed by atoms with Crippen LogP contribution in [0.2, 0.25) is 0 Å². The maximum absolute atomic E-state index is 12.2. The number of hydrogen-bond acceptors (Lipinski definition) is 18. The molecule has 15 atom stereocenters. The number of aliphatic hydroxyl groups is 10. The Balaban J connectivity index is 1.41. The Morgan fingerprint density at radius 3 is 1.80 bits per heavy atom. The van der Waals surface area contributed by atoms with Crippen molar-refractivity contribution in [2.45, 2.75) is 105 Å².